The summed E-state index contributed by atoms with van der Waals surface area (Å²) in [5.74, 6) is 0.541. The van der Waals surface area contributed by atoms with Crippen molar-refractivity contribution in [3.63, 3.8) is 0 Å². The largest absolute Gasteiger partial charge is 0.459 e. The molecule has 0 aliphatic heterocycles. The third kappa shape index (κ3) is 3.72. The highest BCUT2D eigenvalue weighted by Gasteiger charge is 2.25. The number of hydrogen-bond donors (Lipinski definition) is 1. The van der Waals surface area contributed by atoms with Gasteiger partial charge in [0.1, 0.15) is 23.7 Å². The first kappa shape index (κ1) is 17.0. The van der Waals surface area contributed by atoms with Crippen molar-refractivity contribution in [3.05, 3.63) is 78.3 Å². The molecule has 1 N–H and O–H groups in total. The Bertz CT molecular complexity index is 994. The number of carbonyl (C=O) groups is 1. The van der Waals surface area contributed by atoms with Gasteiger partial charge in [-0.2, -0.15) is 0 Å². The van der Waals surface area contributed by atoms with Crippen LogP contribution in [-0.2, 0) is 11.2 Å². The normalized spacial score (nSPS) is 13.4. The summed E-state index contributed by atoms with van der Waals surface area (Å²) in [5.41, 5.74) is 1.83. The molecular weight excluding hydrogens is 342 g/mol. The molecule has 0 aliphatic rings. The molecule has 7 nitrogen and oxygen atoms in total. The van der Waals surface area contributed by atoms with Crippen molar-refractivity contribution >= 4 is 16.9 Å². The molecule has 7 heteroatoms. The molecular formula is C20H19N5O2. The highest BCUT2D eigenvalue weighted by atomic mass is 16.3. The summed E-state index contributed by atoms with van der Waals surface area (Å²) in [4.78, 5) is 13.0. The molecule has 4 rings (SSSR count). The molecule has 2 unspecified atom stereocenters. The van der Waals surface area contributed by atoms with Crippen LogP contribution in [0, 0.1) is 0 Å². The standard InChI is InChI=1S/C20H19N5O2/c1-14(19-12-16-9-5-6-10-18(16)27-19)22-20(26)17(25-13-21-23-24-25)11-15-7-3-2-4-8-15/h2-10,12-14,17H,11H2,1H3,(H,22,26). The first-order valence-electron chi connectivity index (χ1n) is 8.76. The summed E-state index contributed by atoms with van der Waals surface area (Å²) in [6, 6.07) is 18.7. The molecule has 2 atom stereocenters. The van der Waals surface area contributed by atoms with Crippen LogP contribution >= 0.6 is 0 Å². The van der Waals surface area contributed by atoms with Gasteiger partial charge in [-0.1, -0.05) is 48.5 Å². The van der Waals surface area contributed by atoms with Gasteiger partial charge >= 0.3 is 0 Å². The van der Waals surface area contributed by atoms with Gasteiger partial charge < -0.3 is 9.73 Å². The highest BCUT2D eigenvalue weighted by Crippen LogP contribution is 2.24. The maximum absolute atomic E-state index is 13.0. The van der Waals surface area contributed by atoms with E-state index in [1.807, 2.05) is 67.6 Å². The fourth-order valence-corrected chi connectivity index (χ4v) is 3.05. The van der Waals surface area contributed by atoms with Gasteiger partial charge in [0.2, 0.25) is 5.91 Å². The van der Waals surface area contributed by atoms with Gasteiger partial charge in [0, 0.05) is 11.8 Å². The van der Waals surface area contributed by atoms with Crippen molar-refractivity contribution in [1.29, 1.82) is 0 Å². The number of nitrogens with zero attached hydrogens (tertiary/aromatic N) is 4. The third-order valence-electron chi connectivity index (χ3n) is 4.49. The summed E-state index contributed by atoms with van der Waals surface area (Å²) in [7, 11) is 0. The minimum absolute atomic E-state index is 0.167. The fraction of sp³-hybridized carbons (Fsp3) is 0.200. The van der Waals surface area contributed by atoms with Crippen LogP contribution in [0.5, 0.6) is 0 Å². The van der Waals surface area contributed by atoms with Gasteiger partial charge in [0.05, 0.1) is 6.04 Å². The molecule has 2 heterocycles. The summed E-state index contributed by atoms with van der Waals surface area (Å²) >= 11 is 0. The predicted octanol–water partition coefficient (Wildman–Crippen LogP) is 3.08. The Labute approximate surface area is 156 Å². The SMILES string of the molecule is CC(NC(=O)C(Cc1ccccc1)n1cnnn1)c1cc2ccccc2o1. The monoisotopic (exact) mass is 361 g/mol. The summed E-state index contributed by atoms with van der Waals surface area (Å²) in [5, 5.41) is 15.3. The van der Waals surface area contributed by atoms with E-state index in [0.29, 0.717) is 12.2 Å². The van der Waals surface area contributed by atoms with Gasteiger partial charge in [-0.15, -0.1) is 5.10 Å². The van der Waals surface area contributed by atoms with Crippen molar-refractivity contribution in [3.8, 4) is 0 Å². The van der Waals surface area contributed by atoms with Gasteiger partial charge in [0.15, 0.2) is 0 Å². The number of aromatic nitrogens is 4. The van der Waals surface area contributed by atoms with Crippen LogP contribution in [0.1, 0.15) is 30.3 Å². The van der Waals surface area contributed by atoms with Crippen molar-refractivity contribution in [2.24, 2.45) is 0 Å². The lowest BCUT2D eigenvalue weighted by Crippen LogP contribution is -2.35. The van der Waals surface area contributed by atoms with E-state index in [1.54, 1.807) is 0 Å². The molecule has 136 valence electrons. The van der Waals surface area contributed by atoms with E-state index < -0.39 is 6.04 Å². The van der Waals surface area contributed by atoms with E-state index >= 15 is 0 Å². The Kier molecular flexibility index (Phi) is 4.65. The minimum atomic E-state index is -0.547. The zero-order valence-corrected chi connectivity index (χ0v) is 14.8. The Hall–Kier alpha value is -3.48. The number of nitrogens with one attached hydrogen (secondary N) is 1. The molecule has 4 aromatic rings. The number of furan rings is 1. The topological polar surface area (TPSA) is 85.8 Å². The van der Waals surface area contributed by atoms with Crippen LogP contribution in [0.3, 0.4) is 0 Å². The molecule has 0 spiro atoms. The Balaban J connectivity index is 1.54. The van der Waals surface area contributed by atoms with E-state index in [2.05, 4.69) is 20.8 Å². The lowest BCUT2D eigenvalue weighted by Gasteiger charge is -2.19. The van der Waals surface area contributed by atoms with Crippen LogP contribution in [0.4, 0.5) is 0 Å². The average Bonchev–Trinajstić information content (AvgIpc) is 3.36. The Morgan fingerprint density at radius 1 is 1.15 bits per heavy atom. The quantitative estimate of drug-likeness (QED) is 0.570. The number of rotatable bonds is 6. The second-order valence-corrected chi connectivity index (χ2v) is 6.41. The molecule has 2 aromatic carbocycles. The van der Waals surface area contributed by atoms with Gasteiger partial charge in [-0.05, 0) is 35.0 Å². The number of amides is 1. The van der Waals surface area contributed by atoms with E-state index in [1.165, 1.54) is 11.0 Å². The minimum Gasteiger partial charge on any atom is -0.459 e. The van der Waals surface area contributed by atoms with Crippen molar-refractivity contribution < 1.29 is 9.21 Å². The average molecular weight is 361 g/mol. The second kappa shape index (κ2) is 7.41. The number of tetrazole rings is 1. The molecule has 0 saturated heterocycles. The van der Waals surface area contributed by atoms with Crippen LogP contribution in [0.25, 0.3) is 11.0 Å². The van der Waals surface area contributed by atoms with Gasteiger partial charge in [-0.3, -0.25) is 4.79 Å². The Morgan fingerprint density at radius 3 is 2.67 bits per heavy atom. The smallest absolute Gasteiger partial charge is 0.245 e. The maximum atomic E-state index is 13.0. The summed E-state index contributed by atoms with van der Waals surface area (Å²) < 4.78 is 7.34. The fourth-order valence-electron chi connectivity index (χ4n) is 3.05. The van der Waals surface area contributed by atoms with Crippen LogP contribution in [0.15, 0.2) is 71.4 Å². The molecule has 0 radical (unpaired) electrons. The molecule has 0 aliphatic carbocycles. The maximum Gasteiger partial charge on any atom is 0.245 e. The number of carbonyl (C=O) groups excluding carboxylic acids is 1. The number of benzene rings is 2. The number of fused-ring (bicyclic) bond motifs is 1. The molecule has 2 aromatic heterocycles. The lowest BCUT2D eigenvalue weighted by molar-refractivity contribution is -0.125. The third-order valence-corrected chi connectivity index (χ3v) is 4.49. The highest BCUT2D eigenvalue weighted by molar-refractivity contribution is 5.81. The van der Waals surface area contributed by atoms with Crippen LogP contribution < -0.4 is 5.32 Å². The number of para-hydroxylation sites is 1. The van der Waals surface area contributed by atoms with Crippen molar-refractivity contribution in [2.75, 3.05) is 0 Å². The van der Waals surface area contributed by atoms with Crippen LogP contribution in [0.2, 0.25) is 0 Å². The molecule has 0 saturated carbocycles. The first-order chi connectivity index (χ1) is 13.2. The number of hydrogen-bond acceptors (Lipinski definition) is 5. The zero-order chi connectivity index (χ0) is 18.6. The van der Waals surface area contributed by atoms with E-state index in [9.17, 15) is 4.79 Å². The summed E-state index contributed by atoms with van der Waals surface area (Å²) in [6.45, 7) is 1.90. The second-order valence-electron chi connectivity index (χ2n) is 6.41. The molecule has 0 fully saturated rings. The zero-order valence-electron chi connectivity index (χ0n) is 14.8. The van der Waals surface area contributed by atoms with Crippen molar-refractivity contribution in [2.45, 2.75) is 25.4 Å². The van der Waals surface area contributed by atoms with Gasteiger partial charge in [-0.25, -0.2) is 4.68 Å². The molecule has 1 amide bonds. The predicted molar refractivity (Wildman–Crippen MR) is 99.8 cm³/mol. The lowest BCUT2D eigenvalue weighted by atomic mass is 10.0. The van der Waals surface area contributed by atoms with Crippen LogP contribution in [-0.4, -0.2) is 26.1 Å². The molecule has 27 heavy (non-hydrogen) atoms. The molecule has 0 bridgehead atoms. The first-order valence-corrected chi connectivity index (χ1v) is 8.76. The van der Waals surface area contributed by atoms with E-state index in [-0.39, 0.29) is 11.9 Å². The van der Waals surface area contributed by atoms with Gasteiger partial charge in [0.25, 0.3) is 0 Å². The van der Waals surface area contributed by atoms with E-state index in [0.717, 1.165) is 16.5 Å². The summed E-state index contributed by atoms with van der Waals surface area (Å²) in [6.07, 6.45) is 1.95. The van der Waals surface area contributed by atoms with Crippen molar-refractivity contribution in [1.82, 2.24) is 25.5 Å². The van der Waals surface area contributed by atoms with E-state index in [4.69, 9.17) is 4.42 Å². The Morgan fingerprint density at radius 2 is 1.93 bits per heavy atom.